The Labute approximate surface area is 176 Å². The molecule has 5 rings (SSSR count). The zero-order chi connectivity index (χ0) is 21.4. The van der Waals surface area contributed by atoms with Crippen molar-refractivity contribution >= 4 is 35.8 Å². The van der Waals surface area contributed by atoms with E-state index in [0.717, 1.165) is 5.56 Å². The normalized spacial score (nSPS) is 16.6. The van der Waals surface area contributed by atoms with Crippen LogP contribution in [0.25, 0.3) is 23.5 Å². The molecule has 7 heteroatoms. The highest BCUT2D eigenvalue weighted by molar-refractivity contribution is 6.21. The third-order valence-electron chi connectivity index (χ3n) is 4.78. The standard InChI is InChI=1S/C24H14N2O5/c27-22-17-9-7-15(12-18(17)23(28)26-22)20-10-8-16(30-20)13-19-24(29)31-21(25-19)11-6-14-4-2-1-3-5-14/h1-13H,(H,26,27,28)/b11-6+,19-13+. The monoisotopic (exact) mass is 410 g/mol. The van der Waals surface area contributed by atoms with Crippen molar-refractivity contribution in [1.82, 2.24) is 5.32 Å². The molecule has 0 aliphatic carbocycles. The number of hydrogen-bond donors (Lipinski definition) is 1. The number of imide groups is 1. The third kappa shape index (κ3) is 3.60. The third-order valence-corrected chi connectivity index (χ3v) is 4.78. The minimum atomic E-state index is -0.571. The first-order valence-corrected chi connectivity index (χ1v) is 9.42. The summed E-state index contributed by atoms with van der Waals surface area (Å²) >= 11 is 0. The largest absolute Gasteiger partial charge is 0.457 e. The number of amides is 2. The highest BCUT2D eigenvalue weighted by Gasteiger charge is 2.27. The summed E-state index contributed by atoms with van der Waals surface area (Å²) in [6.45, 7) is 0. The molecule has 2 aromatic carbocycles. The molecular weight excluding hydrogens is 396 g/mol. The Kier molecular flexibility index (Phi) is 4.41. The van der Waals surface area contributed by atoms with E-state index in [0.29, 0.717) is 28.2 Å². The van der Waals surface area contributed by atoms with Crippen LogP contribution in [0.5, 0.6) is 0 Å². The lowest BCUT2D eigenvalue weighted by Crippen LogP contribution is -2.19. The molecule has 0 saturated carbocycles. The molecule has 150 valence electrons. The maximum atomic E-state index is 12.1. The van der Waals surface area contributed by atoms with E-state index in [1.165, 1.54) is 6.08 Å². The number of carbonyl (C=O) groups excluding carboxylic acids is 3. The van der Waals surface area contributed by atoms with Gasteiger partial charge in [0.25, 0.3) is 11.8 Å². The molecule has 2 amide bonds. The van der Waals surface area contributed by atoms with Gasteiger partial charge in [0.1, 0.15) is 11.5 Å². The van der Waals surface area contributed by atoms with Crippen LogP contribution in [0, 0.1) is 0 Å². The number of benzene rings is 2. The molecular formula is C24H14N2O5. The Morgan fingerprint density at radius 3 is 2.48 bits per heavy atom. The summed E-state index contributed by atoms with van der Waals surface area (Å²) in [4.78, 5) is 39.9. The summed E-state index contributed by atoms with van der Waals surface area (Å²) in [6.07, 6.45) is 4.91. The van der Waals surface area contributed by atoms with Crippen molar-refractivity contribution in [1.29, 1.82) is 0 Å². The quantitative estimate of drug-likeness (QED) is 0.400. The van der Waals surface area contributed by atoms with E-state index in [2.05, 4.69) is 10.3 Å². The number of fused-ring (bicyclic) bond motifs is 1. The molecule has 2 aliphatic rings. The van der Waals surface area contributed by atoms with E-state index in [1.807, 2.05) is 30.3 Å². The van der Waals surface area contributed by atoms with Gasteiger partial charge >= 0.3 is 5.97 Å². The zero-order valence-corrected chi connectivity index (χ0v) is 16.0. The zero-order valence-electron chi connectivity index (χ0n) is 16.0. The van der Waals surface area contributed by atoms with Gasteiger partial charge in [-0.05, 0) is 35.9 Å². The summed E-state index contributed by atoms with van der Waals surface area (Å²) in [6, 6.07) is 17.8. The van der Waals surface area contributed by atoms with E-state index in [-0.39, 0.29) is 11.6 Å². The van der Waals surface area contributed by atoms with E-state index in [9.17, 15) is 14.4 Å². The second-order valence-corrected chi connectivity index (χ2v) is 6.86. The van der Waals surface area contributed by atoms with Gasteiger partial charge in [0.05, 0.1) is 11.1 Å². The molecule has 31 heavy (non-hydrogen) atoms. The van der Waals surface area contributed by atoms with Crippen LogP contribution in [0.15, 0.2) is 81.8 Å². The Morgan fingerprint density at radius 2 is 1.65 bits per heavy atom. The smallest absolute Gasteiger partial charge is 0.363 e. The molecule has 3 aromatic rings. The van der Waals surface area contributed by atoms with Gasteiger partial charge in [0.2, 0.25) is 5.90 Å². The first kappa shape index (κ1) is 18.5. The number of hydrogen-bond acceptors (Lipinski definition) is 6. The van der Waals surface area contributed by atoms with Crippen molar-refractivity contribution in [2.45, 2.75) is 0 Å². The van der Waals surface area contributed by atoms with Gasteiger partial charge in [-0.2, -0.15) is 0 Å². The van der Waals surface area contributed by atoms with Gasteiger partial charge in [-0.1, -0.05) is 36.4 Å². The lowest BCUT2D eigenvalue weighted by molar-refractivity contribution is -0.129. The van der Waals surface area contributed by atoms with E-state index < -0.39 is 17.8 Å². The van der Waals surface area contributed by atoms with Crippen LogP contribution < -0.4 is 5.32 Å². The highest BCUT2D eigenvalue weighted by Crippen LogP contribution is 2.28. The average Bonchev–Trinajstić information content (AvgIpc) is 3.46. The molecule has 0 atom stereocenters. The molecule has 7 nitrogen and oxygen atoms in total. The van der Waals surface area contributed by atoms with Crippen molar-refractivity contribution in [2.75, 3.05) is 0 Å². The topological polar surface area (TPSA) is 98.0 Å². The van der Waals surface area contributed by atoms with Crippen molar-refractivity contribution in [3.8, 4) is 11.3 Å². The summed E-state index contributed by atoms with van der Waals surface area (Å²) < 4.78 is 10.9. The van der Waals surface area contributed by atoms with Gasteiger partial charge in [-0.25, -0.2) is 9.79 Å². The average molecular weight is 410 g/mol. The van der Waals surface area contributed by atoms with Gasteiger partial charge < -0.3 is 9.15 Å². The Morgan fingerprint density at radius 1 is 0.839 bits per heavy atom. The van der Waals surface area contributed by atoms with Crippen LogP contribution in [0.2, 0.25) is 0 Å². The van der Waals surface area contributed by atoms with E-state index >= 15 is 0 Å². The predicted octanol–water partition coefficient (Wildman–Crippen LogP) is 3.84. The summed E-state index contributed by atoms with van der Waals surface area (Å²) in [5.74, 6) is -0.332. The molecule has 0 fully saturated rings. The second-order valence-electron chi connectivity index (χ2n) is 6.86. The minimum absolute atomic E-state index is 0.118. The minimum Gasteiger partial charge on any atom is -0.457 e. The van der Waals surface area contributed by atoms with Crippen molar-refractivity contribution in [3.63, 3.8) is 0 Å². The number of cyclic esters (lactones) is 1. The second kappa shape index (κ2) is 7.38. The summed E-state index contributed by atoms with van der Waals surface area (Å²) in [5, 5.41) is 2.25. The van der Waals surface area contributed by atoms with Crippen LogP contribution in [0.4, 0.5) is 0 Å². The molecule has 3 heterocycles. The number of aliphatic imine (C=N–C) groups is 1. The molecule has 0 unspecified atom stereocenters. The van der Waals surface area contributed by atoms with Crippen LogP contribution >= 0.6 is 0 Å². The first-order chi connectivity index (χ1) is 15.1. The number of nitrogens with one attached hydrogen (secondary N) is 1. The predicted molar refractivity (Wildman–Crippen MR) is 113 cm³/mol. The molecule has 0 radical (unpaired) electrons. The van der Waals surface area contributed by atoms with Gasteiger partial charge in [0, 0.05) is 17.7 Å². The Balaban J connectivity index is 1.38. The molecule has 1 N–H and O–H groups in total. The summed E-state index contributed by atoms with van der Waals surface area (Å²) in [7, 11) is 0. The fraction of sp³-hybridized carbons (Fsp3) is 0. The molecule has 0 bridgehead atoms. The van der Waals surface area contributed by atoms with Crippen molar-refractivity contribution < 1.29 is 23.5 Å². The lowest BCUT2D eigenvalue weighted by Gasteiger charge is -1.99. The summed E-state index contributed by atoms with van der Waals surface area (Å²) in [5.41, 5.74) is 2.35. The molecule has 2 aliphatic heterocycles. The van der Waals surface area contributed by atoms with Crippen LogP contribution in [-0.4, -0.2) is 23.7 Å². The van der Waals surface area contributed by atoms with Crippen LogP contribution in [0.1, 0.15) is 32.0 Å². The number of carbonyl (C=O) groups is 3. The van der Waals surface area contributed by atoms with Crippen LogP contribution in [0.3, 0.4) is 0 Å². The van der Waals surface area contributed by atoms with Crippen molar-refractivity contribution in [2.24, 2.45) is 4.99 Å². The van der Waals surface area contributed by atoms with E-state index in [1.54, 1.807) is 42.5 Å². The molecule has 0 spiro atoms. The maximum absolute atomic E-state index is 12.1. The van der Waals surface area contributed by atoms with Gasteiger partial charge in [-0.15, -0.1) is 0 Å². The number of nitrogens with zero attached hydrogens (tertiary/aromatic N) is 1. The lowest BCUT2D eigenvalue weighted by atomic mass is 10.0. The fourth-order valence-corrected chi connectivity index (χ4v) is 3.27. The number of furan rings is 1. The number of esters is 1. The van der Waals surface area contributed by atoms with Gasteiger partial charge in [0.15, 0.2) is 5.70 Å². The SMILES string of the molecule is O=C1OC(/C=C/c2ccccc2)=NC/1=C/c1ccc(-c2ccc3c(c2)C(=O)NC3=O)o1. The molecule has 1 aromatic heterocycles. The highest BCUT2D eigenvalue weighted by atomic mass is 16.6. The van der Waals surface area contributed by atoms with Crippen molar-refractivity contribution in [3.05, 3.63) is 94.9 Å². The maximum Gasteiger partial charge on any atom is 0.363 e. The van der Waals surface area contributed by atoms with E-state index in [4.69, 9.17) is 9.15 Å². The Bertz CT molecular complexity index is 1330. The number of rotatable bonds is 4. The molecule has 0 saturated heterocycles. The van der Waals surface area contributed by atoms with Gasteiger partial charge in [-0.3, -0.25) is 14.9 Å². The first-order valence-electron chi connectivity index (χ1n) is 9.42. The number of ether oxygens (including phenoxy) is 1. The fourth-order valence-electron chi connectivity index (χ4n) is 3.27. The Hall–Kier alpha value is -4.52. The van der Waals surface area contributed by atoms with Crippen LogP contribution in [-0.2, 0) is 9.53 Å².